The minimum Gasteiger partial charge on any atom is -0.425 e. The van der Waals surface area contributed by atoms with Crippen LogP contribution in [0.25, 0.3) is 0 Å². The average Bonchev–Trinajstić information content (AvgIpc) is 1.87. The summed E-state index contributed by atoms with van der Waals surface area (Å²) in [6, 6.07) is 2.32. The summed E-state index contributed by atoms with van der Waals surface area (Å²) in [4.78, 5) is 0. The standard InChI is InChI=1S/C4H2FIO/c5-3-1-2-4(6)7-3/h1-2H. The molecule has 0 bridgehead atoms. The second-order valence-electron chi connectivity index (χ2n) is 1.04. The summed E-state index contributed by atoms with van der Waals surface area (Å²) in [5.41, 5.74) is 0. The number of halogens is 2. The molecule has 3 heteroatoms. The summed E-state index contributed by atoms with van der Waals surface area (Å²) in [5.74, 6) is 0. The lowest BCUT2D eigenvalue weighted by Crippen LogP contribution is -1.53. The Bertz CT molecular complexity index is 144. The van der Waals surface area contributed by atoms with Crippen LogP contribution < -0.4 is 0 Å². The molecule has 0 aliphatic carbocycles. The predicted molar refractivity (Wildman–Crippen MR) is 31.4 cm³/mol. The molecule has 1 nitrogen and oxygen atoms in total. The van der Waals surface area contributed by atoms with Crippen molar-refractivity contribution in [2.24, 2.45) is 0 Å². The largest absolute Gasteiger partial charge is 0.425 e. The van der Waals surface area contributed by atoms with E-state index in [1.165, 1.54) is 6.07 Å². The molecule has 0 spiro atoms. The minimum absolute atomic E-state index is 0.524. The smallest absolute Gasteiger partial charge is 0.278 e. The van der Waals surface area contributed by atoms with Gasteiger partial charge in [-0.3, -0.25) is 0 Å². The molecule has 1 aromatic heterocycles. The van der Waals surface area contributed by atoms with E-state index in [0.29, 0.717) is 3.77 Å². The molecular weight excluding hydrogens is 210 g/mol. The normalized spacial score (nSPS) is 9.43. The Labute approximate surface area is 53.7 Å². The fourth-order valence-corrected chi connectivity index (χ4v) is 0.682. The lowest BCUT2D eigenvalue weighted by atomic mass is 10.7. The van der Waals surface area contributed by atoms with Gasteiger partial charge < -0.3 is 4.42 Å². The number of rotatable bonds is 0. The van der Waals surface area contributed by atoms with Gasteiger partial charge in [-0.05, 0) is 28.7 Å². The average molecular weight is 212 g/mol. The maximum absolute atomic E-state index is 11.8. The summed E-state index contributed by atoms with van der Waals surface area (Å²) in [6.45, 7) is 0. The number of furan rings is 1. The van der Waals surface area contributed by atoms with Gasteiger partial charge in [-0.2, -0.15) is 4.39 Å². The highest BCUT2D eigenvalue weighted by Crippen LogP contribution is 2.06. The molecule has 0 fully saturated rings. The van der Waals surface area contributed by atoms with Crippen LogP contribution in [0.4, 0.5) is 4.39 Å². The van der Waals surface area contributed by atoms with Gasteiger partial charge in [-0.1, -0.05) is 0 Å². The van der Waals surface area contributed by atoms with E-state index in [-0.39, 0.29) is 0 Å². The van der Waals surface area contributed by atoms with E-state index in [9.17, 15) is 4.39 Å². The molecule has 0 amide bonds. The van der Waals surface area contributed by atoms with E-state index in [2.05, 4.69) is 4.42 Å². The third-order valence-corrected chi connectivity index (χ3v) is 1.12. The predicted octanol–water partition coefficient (Wildman–Crippen LogP) is 2.02. The fraction of sp³-hybridized carbons (Fsp3) is 0. The van der Waals surface area contributed by atoms with Gasteiger partial charge in [0.15, 0.2) is 3.77 Å². The third kappa shape index (κ3) is 1.15. The summed E-state index contributed by atoms with van der Waals surface area (Å²) in [5, 5.41) is 0. The van der Waals surface area contributed by atoms with E-state index in [1.807, 2.05) is 22.6 Å². The Hall–Kier alpha value is -0.0600. The summed E-state index contributed by atoms with van der Waals surface area (Å²) >= 11 is 1.89. The molecule has 0 saturated heterocycles. The van der Waals surface area contributed by atoms with E-state index in [1.54, 1.807) is 6.07 Å². The zero-order valence-electron chi connectivity index (χ0n) is 3.32. The van der Waals surface area contributed by atoms with Gasteiger partial charge in [-0.25, -0.2) is 0 Å². The molecular formula is C4H2FIO. The highest BCUT2D eigenvalue weighted by molar-refractivity contribution is 14.1. The van der Waals surface area contributed by atoms with Gasteiger partial charge in [0.2, 0.25) is 0 Å². The number of hydrogen-bond acceptors (Lipinski definition) is 1. The first-order valence-electron chi connectivity index (χ1n) is 1.70. The maximum Gasteiger partial charge on any atom is 0.278 e. The van der Waals surface area contributed by atoms with Crippen LogP contribution in [0, 0.1) is 9.78 Å². The lowest BCUT2D eigenvalue weighted by molar-refractivity contribution is 0.345. The number of hydrogen-bond donors (Lipinski definition) is 0. The van der Waals surface area contributed by atoms with Crippen molar-refractivity contribution in [1.82, 2.24) is 0 Å². The Morgan fingerprint density at radius 1 is 1.57 bits per heavy atom. The lowest BCUT2D eigenvalue weighted by Gasteiger charge is -1.70. The molecule has 0 aliphatic heterocycles. The van der Waals surface area contributed by atoms with Gasteiger partial charge in [0.25, 0.3) is 6.01 Å². The van der Waals surface area contributed by atoms with E-state index in [4.69, 9.17) is 0 Å². The van der Waals surface area contributed by atoms with Crippen LogP contribution in [-0.2, 0) is 0 Å². The Morgan fingerprint density at radius 3 is 2.43 bits per heavy atom. The zero-order valence-corrected chi connectivity index (χ0v) is 5.48. The Kier molecular flexibility index (Phi) is 1.32. The van der Waals surface area contributed by atoms with Crippen molar-refractivity contribution in [2.45, 2.75) is 0 Å². The van der Waals surface area contributed by atoms with Crippen molar-refractivity contribution in [3.63, 3.8) is 0 Å². The molecule has 1 aromatic rings. The molecule has 0 saturated carbocycles. The Balaban J connectivity index is 3.04. The summed E-state index contributed by atoms with van der Waals surface area (Å²) < 4.78 is 16.7. The van der Waals surface area contributed by atoms with Crippen molar-refractivity contribution in [3.05, 3.63) is 21.9 Å². The maximum atomic E-state index is 11.8. The van der Waals surface area contributed by atoms with Crippen molar-refractivity contribution in [2.75, 3.05) is 0 Å². The molecule has 1 heterocycles. The third-order valence-electron chi connectivity index (χ3n) is 0.540. The van der Waals surface area contributed by atoms with Crippen LogP contribution in [0.5, 0.6) is 0 Å². The van der Waals surface area contributed by atoms with Crippen LogP contribution in [0.1, 0.15) is 0 Å². The molecule has 0 atom stereocenters. The molecule has 0 N–H and O–H groups in total. The van der Waals surface area contributed by atoms with Crippen LogP contribution in [0.15, 0.2) is 16.5 Å². The first kappa shape index (κ1) is 5.08. The molecule has 7 heavy (non-hydrogen) atoms. The van der Waals surface area contributed by atoms with Crippen molar-refractivity contribution in [1.29, 1.82) is 0 Å². The van der Waals surface area contributed by atoms with Crippen LogP contribution in [0.2, 0.25) is 0 Å². The highest BCUT2D eigenvalue weighted by atomic mass is 127. The quantitative estimate of drug-likeness (QED) is 0.599. The van der Waals surface area contributed by atoms with Crippen LogP contribution in [-0.4, -0.2) is 0 Å². The minimum atomic E-state index is -0.524. The molecule has 38 valence electrons. The molecule has 0 aliphatic rings. The van der Waals surface area contributed by atoms with Crippen molar-refractivity contribution >= 4 is 22.6 Å². The van der Waals surface area contributed by atoms with Gasteiger partial charge in [0.1, 0.15) is 0 Å². The van der Waals surface area contributed by atoms with Gasteiger partial charge in [0, 0.05) is 6.07 Å². The van der Waals surface area contributed by atoms with Gasteiger partial charge in [-0.15, -0.1) is 0 Å². The Morgan fingerprint density at radius 2 is 2.29 bits per heavy atom. The van der Waals surface area contributed by atoms with Crippen LogP contribution in [0.3, 0.4) is 0 Å². The second-order valence-corrected chi connectivity index (χ2v) is 2.11. The molecule has 0 radical (unpaired) electrons. The van der Waals surface area contributed by atoms with E-state index >= 15 is 0 Å². The SMILES string of the molecule is Fc1ccc(I)o1. The summed E-state index contributed by atoms with van der Waals surface area (Å²) in [6.07, 6.45) is 0. The van der Waals surface area contributed by atoms with E-state index in [0.717, 1.165) is 0 Å². The highest BCUT2D eigenvalue weighted by Gasteiger charge is 1.91. The second kappa shape index (κ2) is 1.81. The zero-order chi connectivity index (χ0) is 5.28. The molecule has 0 unspecified atom stereocenters. The van der Waals surface area contributed by atoms with Crippen molar-refractivity contribution < 1.29 is 8.81 Å². The monoisotopic (exact) mass is 212 g/mol. The fourth-order valence-electron chi connectivity index (χ4n) is 0.292. The summed E-state index contributed by atoms with van der Waals surface area (Å²) in [7, 11) is 0. The molecule has 0 aromatic carbocycles. The first-order valence-corrected chi connectivity index (χ1v) is 2.78. The van der Waals surface area contributed by atoms with Gasteiger partial charge in [0.05, 0.1) is 0 Å². The van der Waals surface area contributed by atoms with E-state index < -0.39 is 6.01 Å². The van der Waals surface area contributed by atoms with Gasteiger partial charge >= 0.3 is 0 Å². The first-order chi connectivity index (χ1) is 3.29. The van der Waals surface area contributed by atoms with Crippen molar-refractivity contribution in [3.8, 4) is 0 Å². The molecule has 1 rings (SSSR count). The van der Waals surface area contributed by atoms with Crippen LogP contribution >= 0.6 is 22.6 Å². The topological polar surface area (TPSA) is 13.1 Å².